The molecule has 0 spiro atoms. The largest absolute Gasteiger partial charge is 0.394 e. The Morgan fingerprint density at radius 3 is 2.29 bits per heavy atom. The molecule has 3 aromatic rings. The van der Waals surface area contributed by atoms with Crippen LogP contribution in [0.1, 0.15) is 21.8 Å². The molecule has 4 rings (SSSR count). The summed E-state index contributed by atoms with van der Waals surface area (Å²) in [5.74, 6) is -4.52. The molecule has 11 heteroatoms. The fraction of sp³-hybridized carbons (Fsp3) is 0.130. The summed E-state index contributed by atoms with van der Waals surface area (Å²) in [5, 5.41) is 5.53. The van der Waals surface area contributed by atoms with Gasteiger partial charge in [-0.1, -0.05) is 35.3 Å². The lowest BCUT2D eigenvalue weighted by Crippen LogP contribution is -2.18. The number of carbonyl (C=O) groups is 2. The van der Waals surface area contributed by atoms with E-state index in [0.29, 0.717) is 5.02 Å². The van der Waals surface area contributed by atoms with Crippen LogP contribution in [0.15, 0.2) is 54.6 Å². The van der Waals surface area contributed by atoms with Crippen molar-refractivity contribution in [2.45, 2.75) is 10.3 Å². The molecule has 4 N–H and O–H groups in total. The van der Waals surface area contributed by atoms with E-state index in [4.69, 9.17) is 52.1 Å². The quantitative estimate of drug-likeness (QED) is 0.249. The fourth-order valence-electron chi connectivity index (χ4n) is 3.59. The summed E-state index contributed by atoms with van der Waals surface area (Å²) >= 11 is 24.7. The SMILES string of the molecule is Nc1c(F)ccc(NC(=O)c2cc(NC(=O)C3C(c4ccc(Cl)cc4)C3(Cl)Cl)ccc2Cl)c1F. The van der Waals surface area contributed by atoms with Crippen molar-refractivity contribution < 1.29 is 18.4 Å². The van der Waals surface area contributed by atoms with Gasteiger partial charge in [-0.2, -0.15) is 0 Å². The lowest BCUT2D eigenvalue weighted by molar-refractivity contribution is -0.117. The Morgan fingerprint density at radius 2 is 1.62 bits per heavy atom. The summed E-state index contributed by atoms with van der Waals surface area (Å²) in [6.45, 7) is 0. The summed E-state index contributed by atoms with van der Waals surface area (Å²) in [5.41, 5.74) is 5.20. The molecule has 0 bridgehead atoms. The molecule has 0 aliphatic heterocycles. The molecule has 0 radical (unpaired) electrons. The zero-order chi connectivity index (χ0) is 24.8. The van der Waals surface area contributed by atoms with Crippen molar-refractivity contribution in [1.82, 2.24) is 0 Å². The van der Waals surface area contributed by atoms with Crippen LogP contribution in [0.4, 0.5) is 25.8 Å². The van der Waals surface area contributed by atoms with Gasteiger partial charge in [-0.3, -0.25) is 9.59 Å². The van der Waals surface area contributed by atoms with Gasteiger partial charge >= 0.3 is 0 Å². The minimum absolute atomic E-state index is 0.0421. The maximum Gasteiger partial charge on any atom is 0.257 e. The lowest BCUT2D eigenvalue weighted by Gasteiger charge is -2.11. The number of halogens is 6. The van der Waals surface area contributed by atoms with E-state index in [2.05, 4.69) is 10.6 Å². The Balaban J connectivity index is 1.51. The molecule has 1 saturated carbocycles. The maximum atomic E-state index is 14.2. The van der Waals surface area contributed by atoms with Crippen LogP contribution in [-0.2, 0) is 4.79 Å². The minimum atomic E-state index is -1.31. The van der Waals surface area contributed by atoms with E-state index in [1.54, 1.807) is 24.3 Å². The maximum absolute atomic E-state index is 14.2. The molecule has 0 aromatic heterocycles. The van der Waals surface area contributed by atoms with Crippen molar-refractivity contribution in [3.63, 3.8) is 0 Å². The van der Waals surface area contributed by atoms with Crippen molar-refractivity contribution in [2.75, 3.05) is 16.4 Å². The van der Waals surface area contributed by atoms with E-state index in [-0.39, 0.29) is 22.0 Å². The number of benzene rings is 3. The van der Waals surface area contributed by atoms with E-state index in [0.717, 1.165) is 17.7 Å². The monoisotopic (exact) mass is 543 g/mol. The number of hydrogen-bond acceptors (Lipinski definition) is 3. The second-order valence-corrected chi connectivity index (χ2v) is 9.93. The van der Waals surface area contributed by atoms with Gasteiger partial charge in [0.05, 0.1) is 22.2 Å². The molecule has 0 saturated heterocycles. The van der Waals surface area contributed by atoms with Gasteiger partial charge in [0.1, 0.15) is 15.8 Å². The van der Waals surface area contributed by atoms with Crippen LogP contribution in [-0.4, -0.2) is 16.1 Å². The van der Waals surface area contributed by atoms with Crippen LogP contribution in [0, 0.1) is 17.6 Å². The third-order valence-electron chi connectivity index (χ3n) is 5.42. The van der Waals surface area contributed by atoms with Gasteiger partial charge in [0, 0.05) is 16.6 Å². The van der Waals surface area contributed by atoms with E-state index in [1.165, 1.54) is 18.2 Å². The number of nitrogens with two attached hydrogens (primary N) is 1. The summed E-state index contributed by atoms with van der Waals surface area (Å²) in [6.07, 6.45) is 0. The van der Waals surface area contributed by atoms with E-state index in [1.807, 2.05) is 0 Å². The molecule has 176 valence electrons. The second kappa shape index (κ2) is 9.23. The second-order valence-electron chi connectivity index (χ2n) is 7.64. The first kappa shape index (κ1) is 24.5. The highest BCUT2D eigenvalue weighted by molar-refractivity contribution is 6.53. The van der Waals surface area contributed by atoms with Gasteiger partial charge in [-0.05, 0) is 48.0 Å². The van der Waals surface area contributed by atoms with Crippen molar-refractivity contribution in [2.24, 2.45) is 5.92 Å². The number of amides is 2. The highest BCUT2D eigenvalue weighted by Gasteiger charge is 2.67. The highest BCUT2D eigenvalue weighted by Crippen LogP contribution is 2.65. The molecule has 3 aromatic carbocycles. The summed E-state index contributed by atoms with van der Waals surface area (Å²) in [6, 6.07) is 13.0. The molecule has 0 heterocycles. The van der Waals surface area contributed by atoms with Crippen molar-refractivity contribution in [3.05, 3.63) is 87.4 Å². The molecule has 2 unspecified atom stereocenters. The molecule has 34 heavy (non-hydrogen) atoms. The number of anilines is 3. The standard InChI is InChI=1S/C23H15Cl4F2N3O2/c24-11-3-1-10(2-4-11)17-18(23(17,26)27)22(34)31-12-5-6-14(25)13(9-12)21(33)32-16-8-7-15(28)20(30)19(16)29/h1-9,17-18H,30H2,(H,31,34)(H,32,33). The van der Waals surface area contributed by atoms with Crippen LogP contribution in [0.2, 0.25) is 10.0 Å². The van der Waals surface area contributed by atoms with Gasteiger partial charge in [0.25, 0.3) is 5.91 Å². The number of carbonyl (C=O) groups excluding carboxylic acids is 2. The van der Waals surface area contributed by atoms with Crippen molar-refractivity contribution >= 4 is 75.3 Å². The number of rotatable bonds is 5. The van der Waals surface area contributed by atoms with Gasteiger partial charge < -0.3 is 16.4 Å². The van der Waals surface area contributed by atoms with Gasteiger partial charge in [-0.15, -0.1) is 23.2 Å². The topological polar surface area (TPSA) is 84.2 Å². The number of nitrogen functional groups attached to an aromatic ring is 1. The third kappa shape index (κ3) is 4.66. The van der Waals surface area contributed by atoms with Gasteiger partial charge in [0.15, 0.2) is 5.82 Å². The molecule has 1 aliphatic rings. The number of hydrogen-bond donors (Lipinski definition) is 3. The predicted octanol–water partition coefficient (Wildman–Crippen LogP) is 6.63. The smallest absolute Gasteiger partial charge is 0.257 e. The molecular formula is C23H15Cl4F2N3O2. The molecule has 2 amide bonds. The summed E-state index contributed by atoms with van der Waals surface area (Å²) in [7, 11) is 0. The Labute approximate surface area is 213 Å². The molecule has 1 aliphatic carbocycles. The first-order valence-corrected chi connectivity index (χ1v) is 11.3. The van der Waals surface area contributed by atoms with Crippen LogP contribution < -0.4 is 16.4 Å². The number of alkyl halides is 2. The average Bonchev–Trinajstić information content (AvgIpc) is 3.37. The summed E-state index contributed by atoms with van der Waals surface area (Å²) in [4.78, 5) is 25.5. The molecule has 2 atom stereocenters. The Kier molecular flexibility index (Phi) is 6.66. The van der Waals surface area contributed by atoms with Crippen LogP contribution >= 0.6 is 46.4 Å². The normalized spacial score (nSPS) is 18.3. The van der Waals surface area contributed by atoms with Crippen LogP contribution in [0.25, 0.3) is 0 Å². The van der Waals surface area contributed by atoms with Crippen LogP contribution in [0.3, 0.4) is 0 Å². The van der Waals surface area contributed by atoms with Crippen molar-refractivity contribution in [1.29, 1.82) is 0 Å². The van der Waals surface area contributed by atoms with E-state index < -0.39 is 45.3 Å². The first-order valence-electron chi connectivity index (χ1n) is 9.79. The lowest BCUT2D eigenvalue weighted by atomic mass is 10.1. The summed E-state index contributed by atoms with van der Waals surface area (Å²) < 4.78 is 26.2. The average molecular weight is 545 g/mol. The molecule has 5 nitrogen and oxygen atoms in total. The van der Waals surface area contributed by atoms with Gasteiger partial charge in [0.2, 0.25) is 5.91 Å². The van der Waals surface area contributed by atoms with E-state index in [9.17, 15) is 18.4 Å². The number of nitrogens with one attached hydrogen (secondary N) is 2. The van der Waals surface area contributed by atoms with Crippen LogP contribution in [0.5, 0.6) is 0 Å². The van der Waals surface area contributed by atoms with E-state index >= 15 is 0 Å². The third-order valence-corrected chi connectivity index (χ3v) is 6.94. The first-order chi connectivity index (χ1) is 16.0. The fourth-order valence-corrected chi connectivity index (χ4v) is 4.75. The Bertz CT molecular complexity index is 1300. The van der Waals surface area contributed by atoms with Gasteiger partial charge in [-0.25, -0.2) is 8.78 Å². The zero-order valence-electron chi connectivity index (χ0n) is 17.0. The molecule has 1 fully saturated rings. The minimum Gasteiger partial charge on any atom is -0.394 e. The van der Waals surface area contributed by atoms with Crippen molar-refractivity contribution in [3.8, 4) is 0 Å². The zero-order valence-corrected chi connectivity index (χ0v) is 20.0. The Hall–Kier alpha value is -2.58. The predicted molar refractivity (Wildman–Crippen MR) is 131 cm³/mol. The highest BCUT2D eigenvalue weighted by atomic mass is 35.5. The Morgan fingerprint density at radius 1 is 0.941 bits per heavy atom. The molecular weight excluding hydrogens is 530 g/mol.